The quantitative estimate of drug-likeness (QED) is 0.445. The van der Waals surface area contributed by atoms with E-state index in [2.05, 4.69) is 5.32 Å². The van der Waals surface area contributed by atoms with Crippen molar-refractivity contribution in [1.29, 1.82) is 0 Å². The molecular weight excluding hydrogens is 292 g/mol. The first kappa shape index (κ1) is 18.0. The minimum absolute atomic E-state index is 0.0552. The summed E-state index contributed by atoms with van der Waals surface area (Å²) in [5.41, 5.74) is 0. The third-order valence-electron chi connectivity index (χ3n) is 3.06. The van der Waals surface area contributed by atoms with Gasteiger partial charge in [0.1, 0.15) is 0 Å². The molecule has 0 saturated carbocycles. The molecule has 1 saturated heterocycles. The van der Waals surface area contributed by atoms with Crippen molar-refractivity contribution in [3.05, 3.63) is 12.3 Å². The normalized spacial score (nSPS) is 19.0. The number of methoxy groups -OCH3 is 1. The van der Waals surface area contributed by atoms with E-state index in [1.54, 1.807) is 7.11 Å². The number of carbonyl (C=O) groups is 2. The molecule has 0 bridgehead atoms. The molecule has 1 N–H and O–H groups in total. The van der Waals surface area contributed by atoms with Gasteiger partial charge in [-0.1, -0.05) is 6.08 Å². The molecule has 1 rings (SSSR count). The van der Waals surface area contributed by atoms with Gasteiger partial charge in [-0.3, -0.25) is 14.5 Å². The number of thioether (sulfide) groups is 1. The summed E-state index contributed by atoms with van der Waals surface area (Å²) in [6, 6.07) is 0. The molecule has 1 aliphatic rings. The Bertz CT molecular complexity index is 363. The predicted molar refractivity (Wildman–Crippen MR) is 83.1 cm³/mol. The summed E-state index contributed by atoms with van der Waals surface area (Å²) >= 11 is 1.44. The highest BCUT2D eigenvalue weighted by Crippen LogP contribution is 2.22. The first-order chi connectivity index (χ1) is 10.2. The van der Waals surface area contributed by atoms with Crippen molar-refractivity contribution >= 4 is 23.6 Å². The Hall–Kier alpha value is -1.05. The zero-order valence-corrected chi connectivity index (χ0v) is 13.5. The van der Waals surface area contributed by atoms with E-state index in [0.29, 0.717) is 39.2 Å². The third kappa shape index (κ3) is 6.50. The Labute approximate surface area is 130 Å². The summed E-state index contributed by atoms with van der Waals surface area (Å²) in [7, 11) is 1.64. The van der Waals surface area contributed by atoms with Crippen LogP contribution in [0.5, 0.6) is 0 Å². The second-order valence-electron chi connectivity index (χ2n) is 4.56. The molecule has 1 aliphatic heterocycles. The van der Waals surface area contributed by atoms with Crippen LogP contribution in [0.2, 0.25) is 0 Å². The van der Waals surface area contributed by atoms with Gasteiger partial charge in [0.15, 0.2) is 0 Å². The number of ether oxygens (including phenoxy) is 2. The van der Waals surface area contributed by atoms with Crippen molar-refractivity contribution in [2.24, 2.45) is 0 Å². The van der Waals surface area contributed by atoms with Crippen molar-refractivity contribution in [2.75, 3.05) is 46.3 Å². The first-order valence-electron chi connectivity index (χ1n) is 7.02. The lowest BCUT2D eigenvalue weighted by molar-refractivity contribution is -0.138. The average Bonchev–Trinajstić information content (AvgIpc) is 2.76. The molecular formula is C14H24N2O4S. The smallest absolute Gasteiger partial charge is 0.242 e. The molecule has 1 atom stereocenters. The van der Waals surface area contributed by atoms with Crippen LogP contribution in [0.15, 0.2) is 12.3 Å². The number of hydrogen-bond acceptors (Lipinski definition) is 6. The lowest BCUT2D eigenvalue weighted by atomic mass is 10.4. The number of imide groups is 1. The number of nitrogens with zero attached hydrogens (tertiary/aromatic N) is 1. The van der Waals surface area contributed by atoms with Crippen molar-refractivity contribution in [3.63, 3.8) is 0 Å². The number of amides is 2. The van der Waals surface area contributed by atoms with Crippen molar-refractivity contribution in [2.45, 2.75) is 18.1 Å². The molecule has 120 valence electrons. The zero-order chi connectivity index (χ0) is 15.5. The first-order valence-corrected chi connectivity index (χ1v) is 8.31. The Morgan fingerprint density at radius 3 is 2.86 bits per heavy atom. The fourth-order valence-corrected chi connectivity index (χ4v) is 2.54. The van der Waals surface area contributed by atoms with Crippen molar-refractivity contribution in [1.82, 2.24) is 10.2 Å². The molecule has 0 aromatic carbocycles. The van der Waals surface area contributed by atoms with Gasteiger partial charge < -0.3 is 14.8 Å². The van der Waals surface area contributed by atoms with E-state index < -0.39 is 0 Å². The highest BCUT2D eigenvalue weighted by molar-refractivity contribution is 8.00. The van der Waals surface area contributed by atoms with Crippen LogP contribution >= 0.6 is 11.8 Å². The fourth-order valence-electron chi connectivity index (χ4n) is 1.90. The minimum atomic E-state index is -0.191. The molecule has 2 amide bonds. The Morgan fingerprint density at radius 1 is 1.38 bits per heavy atom. The lowest BCUT2D eigenvalue weighted by Gasteiger charge is -2.12. The van der Waals surface area contributed by atoms with Crippen molar-refractivity contribution in [3.8, 4) is 0 Å². The summed E-state index contributed by atoms with van der Waals surface area (Å²) in [6.07, 6.45) is 6.60. The molecule has 1 unspecified atom stereocenters. The van der Waals surface area contributed by atoms with E-state index >= 15 is 0 Å². The fraction of sp³-hybridized carbons (Fsp3) is 0.714. The highest BCUT2D eigenvalue weighted by Gasteiger charge is 2.37. The summed E-state index contributed by atoms with van der Waals surface area (Å²) in [4.78, 5) is 24.9. The van der Waals surface area contributed by atoms with Gasteiger partial charge in [0.05, 0.1) is 25.1 Å². The van der Waals surface area contributed by atoms with E-state index in [1.807, 2.05) is 18.5 Å². The number of nitrogens with one attached hydrogen (secondary N) is 1. The number of rotatable bonds is 11. The van der Waals surface area contributed by atoms with Crippen LogP contribution in [0.3, 0.4) is 0 Å². The molecule has 0 aromatic rings. The molecule has 0 radical (unpaired) electrons. The van der Waals surface area contributed by atoms with Crippen LogP contribution in [0.1, 0.15) is 12.8 Å². The second kappa shape index (κ2) is 10.6. The maximum absolute atomic E-state index is 11.9. The van der Waals surface area contributed by atoms with Crippen molar-refractivity contribution < 1.29 is 19.1 Å². The number of hydrogen-bond donors (Lipinski definition) is 1. The molecule has 6 nitrogen and oxygen atoms in total. The van der Waals surface area contributed by atoms with E-state index in [0.717, 1.165) is 6.54 Å². The summed E-state index contributed by atoms with van der Waals surface area (Å²) in [5.74, 6) is -0.118. The zero-order valence-electron chi connectivity index (χ0n) is 12.7. The summed E-state index contributed by atoms with van der Waals surface area (Å²) in [6.45, 7) is 2.99. The standard InChI is InChI=1S/C14H24N2O4S/c1-19-9-10-20-8-6-15-5-3-4-7-16-13(17)11-12(21-2)14(16)18/h3,5,12,15H,4,6-11H2,1-2H3. The summed E-state index contributed by atoms with van der Waals surface area (Å²) < 4.78 is 10.2. The number of carbonyl (C=O) groups excluding carboxylic acids is 2. The van der Waals surface area contributed by atoms with E-state index in [1.165, 1.54) is 16.7 Å². The van der Waals surface area contributed by atoms with E-state index in [9.17, 15) is 9.59 Å². The Morgan fingerprint density at radius 2 is 2.19 bits per heavy atom. The third-order valence-corrected chi connectivity index (χ3v) is 4.00. The van der Waals surface area contributed by atoms with Gasteiger partial charge in [-0.25, -0.2) is 0 Å². The molecule has 7 heteroatoms. The lowest BCUT2D eigenvalue weighted by Crippen LogP contribution is -2.32. The van der Waals surface area contributed by atoms with Crippen LogP contribution in [0.4, 0.5) is 0 Å². The minimum Gasteiger partial charge on any atom is -0.389 e. The Kier molecular flexibility index (Phi) is 9.12. The molecule has 0 aliphatic carbocycles. The van der Waals surface area contributed by atoms with Gasteiger partial charge in [-0.2, -0.15) is 11.8 Å². The van der Waals surface area contributed by atoms with E-state index in [-0.39, 0.29) is 17.1 Å². The van der Waals surface area contributed by atoms with E-state index in [4.69, 9.17) is 9.47 Å². The van der Waals surface area contributed by atoms with Gasteiger partial charge in [0.2, 0.25) is 11.8 Å². The predicted octanol–water partition coefficient (Wildman–Crippen LogP) is 0.633. The highest BCUT2D eigenvalue weighted by atomic mass is 32.2. The van der Waals surface area contributed by atoms with Gasteiger partial charge in [0.25, 0.3) is 0 Å². The van der Waals surface area contributed by atoms with Crippen LogP contribution in [0, 0.1) is 0 Å². The molecule has 1 fully saturated rings. The monoisotopic (exact) mass is 316 g/mol. The molecule has 0 spiro atoms. The van der Waals surface area contributed by atoms with Crippen LogP contribution in [-0.2, 0) is 19.1 Å². The molecule has 21 heavy (non-hydrogen) atoms. The van der Waals surface area contributed by atoms with Gasteiger partial charge >= 0.3 is 0 Å². The Balaban J connectivity index is 2.07. The topological polar surface area (TPSA) is 67.9 Å². The molecule has 0 aromatic heterocycles. The number of likely N-dealkylation sites (tertiary alicyclic amines) is 1. The van der Waals surface area contributed by atoms with Gasteiger partial charge in [0, 0.05) is 26.6 Å². The van der Waals surface area contributed by atoms with Crippen LogP contribution < -0.4 is 5.32 Å². The maximum Gasteiger partial charge on any atom is 0.242 e. The van der Waals surface area contributed by atoms with Gasteiger partial charge in [-0.05, 0) is 18.9 Å². The van der Waals surface area contributed by atoms with Crippen LogP contribution in [-0.4, -0.2) is 68.2 Å². The van der Waals surface area contributed by atoms with Gasteiger partial charge in [-0.15, -0.1) is 0 Å². The summed E-state index contributed by atoms with van der Waals surface area (Å²) in [5, 5.41) is 2.90. The SMILES string of the molecule is COCCOCCNC=CCCN1C(=O)CC(SC)C1=O. The average molecular weight is 316 g/mol. The molecule has 1 heterocycles. The maximum atomic E-state index is 11.9. The second-order valence-corrected chi connectivity index (χ2v) is 5.60. The largest absolute Gasteiger partial charge is 0.389 e. The van der Waals surface area contributed by atoms with Crippen LogP contribution in [0.25, 0.3) is 0 Å².